The molecule has 9 heavy (non-hydrogen) atoms. The molecular weight excluding hydrogens is 110 g/mol. The number of nitrogens with zero attached hydrogens (tertiary/aromatic N) is 1. The first kappa shape index (κ1) is 8.67. The van der Waals surface area contributed by atoms with Crippen LogP contribution in [0.2, 0.25) is 0 Å². The zero-order valence-corrected chi connectivity index (χ0v) is 6.78. The van der Waals surface area contributed by atoms with Crippen LogP contribution in [0.15, 0.2) is 4.99 Å². The van der Waals surface area contributed by atoms with E-state index in [2.05, 4.69) is 11.9 Å². The molecule has 0 aromatic rings. The lowest BCUT2D eigenvalue weighted by Crippen LogP contribution is -1.99. The van der Waals surface area contributed by atoms with Gasteiger partial charge in [0.2, 0.25) is 0 Å². The molecule has 0 saturated heterocycles. The van der Waals surface area contributed by atoms with E-state index >= 15 is 0 Å². The lowest BCUT2D eigenvalue weighted by Gasteiger charge is -2.04. The molecule has 1 aliphatic rings. The molecule has 0 N–H and O–H groups in total. The standard InChI is InChI=1S/C6H11N.C2H6/c1-6-4-2-3-5-7-6;1-2/h2-5H2,1H3;1-2H3. The van der Waals surface area contributed by atoms with Crippen LogP contribution in [0.4, 0.5) is 0 Å². The highest BCUT2D eigenvalue weighted by Crippen LogP contribution is 2.03. The normalized spacial score (nSPS) is 17.4. The van der Waals surface area contributed by atoms with Crippen LogP contribution in [0.3, 0.4) is 0 Å². The summed E-state index contributed by atoms with van der Waals surface area (Å²) in [5.74, 6) is 0. The SMILES string of the molecule is CC.CC1=NCCCC1. The topological polar surface area (TPSA) is 12.4 Å². The van der Waals surface area contributed by atoms with E-state index in [9.17, 15) is 0 Å². The summed E-state index contributed by atoms with van der Waals surface area (Å²) in [6.45, 7) is 7.19. The van der Waals surface area contributed by atoms with E-state index in [0.717, 1.165) is 6.54 Å². The molecule has 0 atom stereocenters. The third-order valence-corrected chi connectivity index (χ3v) is 1.33. The first-order valence-corrected chi connectivity index (χ1v) is 3.89. The van der Waals surface area contributed by atoms with E-state index in [1.54, 1.807) is 0 Å². The Labute approximate surface area is 58.2 Å². The number of hydrogen-bond donors (Lipinski definition) is 0. The van der Waals surface area contributed by atoms with E-state index in [1.165, 1.54) is 25.0 Å². The minimum atomic E-state index is 1.08. The molecule has 1 heterocycles. The van der Waals surface area contributed by atoms with Crippen molar-refractivity contribution in [2.75, 3.05) is 6.54 Å². The smallest absolute Gasteiger partial charge is 0.0388 e. The highest BCUT2D eigenvalue weighted by atomic mass is 14.7. The van der Waals surface area contributed by atoms with Gasteiger partial charge in [0.15, 0.2) is 0 Å². The Morgan fingerprint density at radius 1 is 1.22 bits per heavy atom. The van der Waals surface area contributed by atoms with Crippen molar-refractivity contribution in [2.24, 2.45) is 4.99 Å². The molecule has 0 bridgehead atoms. The minimum absolute atomic E-state index is 1.08. The maximum absolute atomic E-state index is 4.25. The van der Waals surface area contributed by atoms with Crippen molar-refractivity contribution in [3.63, 3.8) is 0 Å². The largest absolute Gasteiger partial charge is 0.294 e. The van der Waals surface area contributed by atoms with Gasteiger partial charge in [0.05, 0.1) is 0 Å². The van der Waals surface area contributed by atoms with Gasteiger partial charge < -0.3 is 0 Å². The van der Waals surface area contributed by atoms with Crippen LogP contribution in [0.1, 0.15) is 40.0 Å². The van der Waals surface area contributed by atoms with Crippen molar-refractivity contribution in [1.29, 1.82) is 0 Å². The monoisotopic (exact) mass is 127 g/mol. The van der Waals surface area contributed by atoms with Gasteiger partial charge in [-0.05, 0) is 26.2 Å². The Morgan fingerprint density at radius 2 is 1.89 bits per heavy atom. The summed E-state index contributed by atoms with van der Waals surface area (Å²) in [4.78, 5) is 4.25. The summed E-state index contributed by atoms with van der Waals surface area (Å²) in [6, 6.07) is 0. The van der Waals surface area contributed by atoms with Crippen molar-refractivity contribution in [1.82, 2.24) is 0 Å². The second-order valence-electron chi connectivity index (χ2n) is 2.07. The molecule has 1 nitrogen and oxygen atoms in total. The van der Waals surface area contributed by atoms with E-state index in [1.807, 2.05) is 13.8 Å². The van der Waals surface area contributed by atoms with Crippen molar-refractivity contribution in [2.45, 2.75) is 40.0 Å². The zero-order chi connectivity index (χ0) is 7.11. The van der Waals surface area contributed by atoms with E-state index in [0.29, 0.717) is 0 Å². The first-order valence-electron chi connectivity index (χ1n) is 3.89. The summed E-state index contributed by atoms with van der Waals surface area (Å²) < 4.78 is 0. The molecule has 0 unspecified atom stereocenters. The fourth-order valence-electron chi connectivity index (χ4n) is 0.842. The summed E-state index contributed by atoms with van der Waals surface area (Å²) in [5.41, 5.74) is 1.34. The van der Waals surface area contributed by atoms with Crippen LogP contribution in [0.25, 0.3) is 0 Å². The molecule has 0 aromatic carbocycles. The number of hydrogen-bond acceptors (Lipinski definition) is 1. The van der Waals surface area contributed by atoms with Crippen molar-refractivity contribution < 1.29 is 0 Å². The minimum Gasteiger partial charge on any atom is -0.294 e. The van der Waals surface area contributed by atoms with Gasteiger partial charge in [0, 0.05) is 12.3 Å². The van der Waals surface area contributed by atoms with Crippen molar-refractivity contribution in [3.05, 3.63) is 0 Å². The lowest BCUT2D eigenvalue weighted by atomic mass is 10.1. The molecule has 0 saturated carbocycles. The Kier molecular flexibility index (Phi) is 5.59. The molecule has 0 aliphatic carbocycles. The molecule has 0 amide bonds. The van der Waals surface area contributed by atoms with Gasteiger partial charge in [-0.2, -0.15) is 0 Å². The lowest BCUT2D eigenvalue weighted by molar-refractivity contribution is 0.736. The summed E-state index contributed by atoms with van der Waals surface area (Å²) >= 11 is 0. The van der Waals surface area contributed by atoms with Crippen LogP contribution >= 0.6 is 0 Å². The molecule has 0 radical (unpaired) electrons. The molecule has 1 heteroatoms. The molecule has 54 valence electrons. The van der Waals surface area contributed by atoms with Crippen LogP contribution in [0, 0.1) is 0 Å². The molecular formula is C8H17N. The first-order chi connectivity index (χ1) is 4.39. The highest BCUT2D eigenvalue weighted by Gasteiger charge is 1.96. The predicted octanol–water partition coefficient (Wildman–Crippen LogP) is 2.66. The fraction of sp³-hybridized carbons (Fsp3) is 0.875. The third kappa shape index (κ3) is 4.19. The Morgan fingerprint density at radius 3 is 2.11 bits per heavy atom. The van der Waals surface area contributed by atoms with Gasteiger partial charge in [0.1, 0.15) is 0 Å². The predicted molar refractivity (Wildman–Crippen MR) is 43.2 cm³/mol. The van der Waals surface area contributed by atoms with E-state index in [-0.39, 0.29) is 0 Å². The summed E-state index contributed by atoms with van der Waals surface area (Å²) in [7, 11) is 0. The van der Waals surface area contributed by atoms with E-state index < -0.39 is 0 Å². The Hall–Kier alpha value is -0.330. The summed E-state index contributed by atoms with van der Waals surface area (Å²) in [6.07, 6.45) is 3.90. The van der Waals surface area contributed by atoms with Gasteiger partial charge in [-0.3, -0.25) is 4.99 Å². The van der Waals surface area contributed by atoms with Crippen LogP contribution in [-0.4, -0.2) is 12.3 Å². The van der Waals surface area contributed by atoms with Gasteiger partial charge in [-0.15, -0.1) is 0 Å². The van der Waals surface area contributed by atoms with Gasteiger partial charge >= 0.3 is 0 Å². The van der Waals surface area contributed by atoms with Crippen LogP contribution in [0.5, 0.6) is 0 Å². The molecule has 1 rings (SSSR count). The highest BCUT2D eigenvalue weighted by molar-refractivity contribution is 5.82. The van der Waals surface area contributed by atoms with Crippen LogP contribution < -0.4 is 0 Å². The van der Waals surface area contributed by atoms with Crippen LogP contribution in [-0.2, 0) is 0 Å². The number of rotatable bonds is 0. The quantitative estimate of drug-likeness (QED) is 0.474. The fourth-order valence-corrected chi connectivity index (χ4v) is 0.842. The maximum Gasteiger partial charge on any atom is 0.0388 e. The average molecular weight is 127 g/mol. The third-order valence-electron chi connectivity index (χ3n) is 1.33. The average Bonchev–Trinajstić information content (AvgIpc) is 1.94. The molecule has 0 aromatic heterocycles. The van der Waals surface area contributed by atoms with E-state index in [4.69, 9.17) is 0 Å². The van der Waals surface area contributed by atoms with Crippen molar-refractivity contribution >= 4 is 5.71 Å². The molecule has 1 aliphatic heterocycles. The Bertz CT molecular complexity index is 84.6. The van der Waals surface area contributed by atoms with Crippen molar-refractivity contribution in [3.8, 4) is 0 Å². The second kappa shape index (κ2) is 5.80. The molecule has 0 spiro atoms. The zero-order valence-electron chi connectivity index (χ0n) is 6.78. The van der Waals surface area contributed by atoms with Gasteiger partial charge in [0.25, 0.3) is 0 Å². The van der Waals surface area contributed by atoms with Gasteiger partial charge in [-0.25, -0.2) is 0 Å². The molecule has 0 fully saturated rings. The Balaban J connectivity index is 0.000000291. The second-order valence-corrected chi connectivity index (χ2v) is 2.07. The maximum atomic E-state index is 4.25. The number of aliphatic imine (C=N–C) groups is 1. The van der Waals surface area contributed by atoms with Gasteiger partial charge in [-0.1, -0.05) is 13.8 Å². The summed E-state index contributed by atoms with van der Waals surface area (Å²) in [5, 5.41) is 0.